The highest BCUT2D eigenvalue weighted by atomic mass is 32.1. The van der Waals surface area contributed by atoms with Crippen molar-refractivity contribution in [2.75, 3.05) is 0 Å². The van der Waals surface area contributed by atoms with E-state index in [2.05, 4.69) is 48.9 Å². The van der Waals surface area contributed by atoms with E-state index >= 15 is 0 Å². The van der Waals surface area contributed by atoms with E-state index in [1.165, 1.54) is 34.6 Å². The van der Waals surface area contributed by atoms with Crippen LogP contribution in [0.4, 0.5) is 0 Å². The first-order valence-corrected chi connectivity index (χ1v) is 9.84. The van der Waals surface area contributed by atoms with Gasteiger partial charge in [-0.2, -0.15) is 5.10 Å². The molecule has 10 nitrogen and oxygen atoms in total. The van der Waals surface area contributed by atoms with Crippen LogP contribution in [-0.2, 0) is 0 Å². The third-order valence-electron chi connectivity index (χ3n) is 4.02. The fraction of sp³-hybridized carbons (Fsp3) is 0. The van der Waals surface area contributed by atoms with Gasteiger partial charge in [-0.05, 0) is 34.6 Å². The molecular weight excluding hydrogens is 404 g/mol. The molecule has 0 radical (unpaired) electrons. The summed E-state index contributed by atoms with van der Waals surface area (Å²) >= 11 is 3.83. The minimum atomic E-state index is 0.569. The van der Waals surface area contributed by atoms with Crippen molar-refractivity contribution in [2.24, 2.45) is 0 Å². The molecule has 6 aromatic rings. The number of pyridine rings is 2. The fourth-order valence-electron chi connectivity index (χ4n) is 2.83. The number of nitrogens with zero attached hydrogens (tertiary/aromatic N) is 10. The first-order chi connectivity index (χ1) is 13.4. The number of hydrogen-bond acceptors (Lipinski definition) is 13. The lowest BCUT2D eigenvalue weighted by Gasteiger charge is -2.05. The molecule has 0 amide bonds. The van der Waals surface area contributed by atoms with Crippen LogP contribution in [-0.4, -0.2) is 48.9 Å². The lowest BCUT2D eigenvalue weighted by molar-refractivity contribution is 1.04. The van der Waals surface area contributed by atoms with Gasteiger partial charge in [-0.25, -0.2) is 0 Å². The SMILES string of the molecule is c1nc(-c2nncc3snnc23)c2snnc2c1-c1cncc2nnsc12. The van der Waals surface area contributed by atoms with Gasteiger partial charge in [0.1, 0.15) is 32.6 Å². The Balaban J connectivity index is 1.66. The molecule has 0 N–H and O–H groups in total. The second-order valence-electron chi connectivity index (χ2n) is 5.46. The Hall–Kier alpha value is -3.16. The van der Waals surface area contributed by atoms with Crippen molar-refractivity contribution in [3.8, 4) is 22.5 Å². The molecule has 0 atom stereocenters. The maximum atomic E-state index is 4.65. The summed E-state index contributed by atoms with van der Waals surface area (Å²) < 4.78 is 14.7. The highest BCUT2D eigenvalue weighted by Crippen LogP contribution is 2.38. The van der Waals surface area contributed by atoms with Crippen molar-refractivity contribution in [2.45, 2.75) is 0 Å². The molecule has 0 aliphatic heterocycles. The summed E-state index contributed by atoms with van der Waals surface area (Å²) in [4.78, 5) is 8.91. The first-order valence-electron chi connectivity index (χ1n) is 7.52. The maximum Gasteiger partial charge on any atom is 0.142 e. The van der Waals surface area contributed by atoms with Gasteiger partial charge in [-0.1, -0.05) is 13.5 Å². The average molecular weight is 408 g/mol. The largest absolute Gasteiger partial charge is 0.262 e. The quantitative estimate of drug-likeness (QED) is 0.421. The molecular formula is C14H4N10S3. The Labute approximate surface area is 161 Å². The molecule has 0 bridgehead atoms. The van der Waals surface area contributed by atoms with E-state index < -0.39 is 0 Å². The van der Waals surface area contributed by atoms with Crippen LogP contribution in [0.5, 0.6) is 0 Å². The van der Waals surface area contributed by atoms with Crippen LogP contribution in [0.25, 0.3) is 53.2 Å². The number of rotatable bonds is 2. The van der Waals surface area contributed by atoms with Gasteiger partial charge in [0.05, 0.1) is 21.8 Å². The summed E-state index contributed by atoms with van der Waals surface area (Å²) in [5.74, 6) is 0. The second-order valence-corrected chi connectivity index (χ2v) is 7.75. The van der Waals surface area contributed by atoms with Crippen molar-refractivity contribution >= 4 is 65.2 Å². The van der Waals surface area contributed by atoms with E-state index in [0.29, 0.717) is 16.9 Å². The van der Waals surface area contributed by atoms with Crippen LogP contribution < -0.4 is 0 Å². The monoisotopic (exact) mass is 408 g/mol. The Morgan fingerprint density at radius 3 is 2.48 bits per heavy atom. The van der Waals surface area contributed by atoms with Gasteiger partial charge in [0, 0.05) is 23.5 Å². The van der Waals surface area contributed by atoms with Crippen LogP contribution in [0.1, 0.15) is 0 Å². The number of hydrogen-bond donors (Lipinski definition) is 0. The van der Waals surface area contributed by atoms with E-state index in [-0.39, 0.29) is 0 Å². The van der Waals surface area contributed by atoms with Crippen molar-refractivity contribution in [1.29, 1.82) is 0 Å². The van der Waals surface area contributed by atoms with Crippen molar-refractivity contribution in [3.05, 3.63) is 24.8 Å². The zero-order valence-corrected chi connectivity index (χ0v) is 15.5. The van der Waals surface area contributed by atoms with Gasteiger partial charge in [0.15, 0.2) is 0 Å². The molecule has 0 spiro atoms. The summed E-state index contributed by atoms with van der Waals surface area (Å²) in [7, 11) is 0. The molecule has 128 valence electrons. The van der Waals surface area contributed by atoms with Gasteiger partial charge in [0.25, 0.3) is 0 Å². The minimum Gasteiger partial charge on any atom is -0.262 e. The molecule has 0 unspecified atom stereocenters. The summed E-state index contributed by atoms with van der Waals surface area (Å²) in [5, 5.41) is 20.9. The molecule has 6 aromatic heterocycles. The molecule has 13 heteroatoms. The van der Waals surface area contributed by atoms with Gasteiger partial charge < -0.3 is 0 Å². The number of aromatic nitrogens is 10. The second kappa shape index (κ2) is 5.67. The highest BCUT2D eigenvalue weighted by Gasteiger charge is 2.20. The van der Waals surface area contributed by atoms with Crippen LogP contribution in [0.2, 0.25) is 0 Å². The van der Waals surface area contributed by atoms with Gasteiger partial charge >= 0.3 is 0 Å². The molecule has 0 saturated carbocycles. The van der Waals surface area contributed by atoms with Gasteiger partial charge in [-0.3, -0.25) is 9.97 Å². The smallest absolute Gasteiger partial charge is 0.142 e. The van der Waals surface area contributed by atoms with Crippen LogP contribution in [0.3, 0.4) is 0 Å². The molecule has 0 saturated heterocycles. The normalized spacial score (nSPS) is 11.7. The Morgan fingerprint density at radius 1 is 0.630 bits per heavy atom. The van der Waals surface area contributed by atoms with Crippen LogP contribution in [0.15, 0.2) is 24.8 Å². The third-order valence-corrected chi connectivity index (χ3v) is 6.19. The zero-order chi connectivity index (χ0) is 17.8. The Morgan fingerprint density at radius 2 is 1.48 bits per heavy atom. The molecule has 6 rings (SSSR count). The van der Waals surface area contributed by atoms with Gasteiger partial charge in [-0.15, -0.1) is 20.4 Å². The minimum absolute atomic E-state index is 0.569. The zero-order valence-electron chi connectivity index (χ0n) is 13.0. The van der Waals surface area contributed by atoms with E-state index in [1.807, 2.05) is 0 Å². The van der Waals surface area contributed by atoms with E-state index in [9.17, 15) is 0 Å². The van der Waals surface area contributed by atoms with Crippen LogP contribution in [0, 0.1) is 0 Å². The van der Waals surface area contributed by atoms with Crippen molar-refractivity contribution in [3.63, 3.8) is 0 Å². The van der Waals surface area contributed by atoms with E-state index in [4.69, 9.17) is 0 Å². The lowest BCUT2D eigenvalue weighted by atomic mass is 10.1. The Bertz CT molecular complexity index is 1340. The topological polar surface area (TPSA) is 129 Å². The Kier molecular flexibility index (Phi) is 3.14. The molecule has 0 aliphatic rings. The number of fused-ring (bicyclic) bond motifs is 3. The summed E-state index contributed by atoms with van der Waals surface area (Å²) in [6, 6.07) is 0. The van der Waals surface area contributed by atoms with E-state index in [1.54, 1.807) is 24.8 Å². The van der Waals surface area contributed by atoms with Crippen molar-refractivity contribution < 1.29 is 0 Å². The average Bonchev–Trinajstić information content (AvgIpc) is 3.46. The predicted molar refractivity (Wildman–Crippen MR) is 101 cm³/mol. The standard InChI is InChI=1S/C14H4N10S3/c1-6(13-7(3-15-1)18-22-26-13)5-2-16-12(14-9(5)20-24-27-14)11-10-8(4-17-19-11)25-23-21-10/h1-4H. The summed E-state index contributed by atoms with van der Waals surface area (Å²) in [6.07, 6.45) is 6.84. The first kappa shape index (κ1) is 15.0. The third kappa shape index (κ3) is 2.16. The van der Waals surface area contributed by atoms with Crippen molar-refractivity contribution in [1.82, 2.24) is 48.9 Å². The molecule has 6 heterocycles. The fourth-order valence-corrected chi connectivity index (χ4v) is 4.70. The summed E-state index contributed by atoms with van der Waals surface area (Å²) in [6.45, 7) is 0. The highest BCUT2D eigenvalue weighted by molar-refractivity contribution is 7.14. The van der Waals surface area contributed by atoms with Crippen LogP contribution >= 0.6 is 34.6 Å². The molecule has 27 heavy (non-hydrogen) atoms. The summed E-state index contributed by atoms with van der Waals surface area (Å²) in [5.41, 5.74) is 5.02. The molecule has 0 aromatic carbocycles. The predicted octanol–water partition coefficient (Wildman–Crippen LogP) is 2.61. The molecule has 0 fully saturated rings. The molecule has 0 aliphatic carbocycles. The lowest BCUT2D eigenvalue weighted by Crippen LogP contribution is -1.94. The maximum absolute atomic E-state index is 4.65. The van der Waals surface area contributed by atoms with E-state index in [0.717, 1.165) is 36.3 Å². The van der Waals surface area contributed by atoms with Gasteiger partial charge in [0.2, 0.25) is 0 Å².